The van der Waals surface area contributed by atoms with Crippen LogP contribution < -0.4 is 4.90 Å². The van der Waals surface area contributed by atoms with Crippen LogP contribution in [0, 0.1) is 5.82 Å². The van der Waals surface area contributed by atoms with Crippen LogP contribution in [0.1, 0.15) is 20.3 Å². The summed E-state index contributed by atoms with van der Waals surface area (Å²) in [5, 5.41) is 8.39. The van der Waals surface area contributed by atoms with E-state index in [1.807, 2.05) is 12.3 Å². The fraction of sp³-hybridized carbons (Fsp3) is 0.393. The molecule has 1 fully saturated rings. The van der Waals surface area contributed by atoms with E-state index in [0.29, 0.717) is 0 Å². The zero-order chi connectivity index (χ0) is 24.9. The summed E-state index contributed by atoms with van der Waals surface area (Å²) in [6.45, 7) is 13.0. The second-order valence-corrected chi connectivity index (χ2v) is 9.30. The van der Waals surface area contributed by atoms with Crippen LogP contribution in [0.2, 0.25) is 0 Å². The molecule has 0 atom stereocenters. The van der Waals surface area contributed by atoms with Crippen molar-refractivity contribution in [2.75, 3.05) is 57.3 Å². The Morgan fingerprint density at radius 1 is 0.944 bits per heavy atom. The van der Waals surface area contributed by atoms with Crippen LogP contribution in [0.15, 0.2) is 55.0 Å². The largest absolute Gasteiger partial charge is 0.353 e. The number of nitrogens with one attached hydrogen (secondary N) is 1. The van der Waals surface area contributed by atoms with E-state index in [9.17, 15) is 4.39 Å². The molecule has 0 spiro atoms. The Morgan fingerprint density at radius 2 is 1.69 bits per heavy atom. The molecule has 2 aromatic heterocycles. The number of H-pyrrole nitrogens is 1. The number of rotatable bonds is 9. The van der Waals surface area contributed by atoms with E-state index < -0.39 is 0 Å². The van der Waals surface area contributed by atoms with Crippen LogP contribution in [0.5, 0.6) is 0 Å². The highest BCUT2D eigenvalue weighted by Gasteiger charge is 2.21. The van der Waals surface area contributed by atoms with Crippen LogP contribution in [-0.2, 0) is 0 Å². The lowest BCUT2D eigenvalue weighted by molar-refractivity contribution is 0.227. The molecule has 0 saturated carbocycles. The van der Waals surface area contributed by atoms with Crippen LogP contribution in [0.4, 0.5) is 10.2 Å². The first-order valence-electron chi connectivity index (χ1n) is 12.9. The van der Waals surface area contributed by atoms with Gasteiger partial charge in [0.15, 0.2) is 0 Å². The lowest BCUT2D eigenvalue weighted by Gasteiger charge is -2.36. The van der Waals surface area contributed by atoms with Gasteiger partial charge in [-0.05, 0) is 74.6 Å². The lowest BCUT2D eigenvalue weighted by Crippen LogP contribution is -2.47. The molecule has 188 valence electrons. The summed E-state index contributed by atoms with van der Waals surface area (Å²) in [7, 11) is 0. The first kappa shape index (κ1) is 24.3. The zero-order valence-electron chi connectivity index (χ0n) is 21.1. The molecule has 2 aromatic carbocycles. The monoisotopic (exact) mass is 487 g/mol. The molecule has 8 heteroatoms. The number of hydrogen-bond acceptors (Lipinski definition) is 6. The number of benzene rings is 2. The average Bonchev–Trinajstić information content (AvgIpc) is 3.41. The van der Waals surface area contributed by atoms with Crippen LogP contribution in [0.3, 0.4) is 0 Å². The number of aromatic amines is 1. The van der Waals surface area contributed by atoms with E-state index in [-0.39, 0.29) is 5.82 Å². The maximum Gasteiger partial charge on any atom is 0.139 e. The molecule has 1 saturated heterocycles. The van der Waals surface area contributed by atoms with Gasteiger partial charge < -0.3 is 9.80 Å². The molecular weight excluding hydrogens is 453 g/mol. The number of nitrogens with zero attached hydrogens (tertiary/aromatic N) is 6. The molecule has 0 unspecified atom stereocenters. The van der Waals surface area contributed by atoms with Crippen molar-refractivity contribution in [3.63, 3.8) is 0 Å². The van der Waals surface area contributed by atoms with Crippen molar-refractivity contribution in [3.05, 3.63) is 60.8 Å². The van der Waals surface area contributed by atoms with Crippen molar-refractivity contribution in [2.45, 2.75) is 20.3 Å². The quantitative estimate of drug-likeness (QED) is 0.370. The third-order valence-electron chi connectivity index (χ3n) is 7.21. The molecule has 0 aliphatic carbocycles. The van der Waals surface area contributed by atoms with Gasteiger partial charge in [0.2, 0.25) is 0 Å². The Hall–Kier alpha value is -3.36. The summed E-state index contributed by atoms with van der Waals surface area (Å²) in [6, 6.07) is 12.7. The molecule has 0 amide bonds. The topological polar surface area (TPSA) is 64.2 Å². The van der Waals surface area contributed by atoms with Gasteiger partial charge in [0.05, 0.1) is 17.4 Å². The van der Waals surface area contributed by atoms with Crippen molar-refractivity contribution < 1.29 is 4.39 Å². The molecular formula is C28H34FN7. The third kappa shape index (κ3) is 5.24. The molecule has 1 aliphatic rings. The number of fused-ring (bicyclic) bond motifs is 1. The molecule has 4 aromatic rings. The molecule has 5 rings (SSSR count). The van der Waals surface area contributed by atoms with Crippen LogP contribution >= 0.6 is 0 Å². The second-order valence-electron chi connectivity index (χ2n) is 9.30. The van der Waals surface area contributed by atoms with Crippen molar-refractivity contribution in [3.8, 4) is 22.4 Å². The van der Waals surface area contributed by atoms with Gasteiger partial charge in [0.25, 0.3) is 0 Å². The average molecular weight is 488 g/mol. The van der Waals surface area contributed by atoms with E-state index in [4.69, 9.17) is 4.98 Å². The van der Waals surface area contributed by atoms with Gasteiger partial charge >= 0.3 is 0 Å². The van der Waals surface area contributed by atoms with Gasteiger partial charge in [0.1, 0.15) is 18.0 Å². The minimum absolute atomic E-state index is 0.253. The van der Waals surface area contributed by atoms with E-state index in [1.54, 1.807) is 18.5 Å². The molecule has 0 bridgehead atoms. The third-order valence-corrected chi connectivity index (χ3v) is 7.21. The normalized spacial score (nSPS) is 14.7. The zero-order valence-corrected chi connectivity index (χ0v) is 21.1. The van der Waals surface area contributed by atoms with E-state index in [2.05, 4.69) is 55.9 Å². The van der Waals surface area contributed by atoms with E-state index >= 15 is 0 Å². The van der Waals surface area contributed by atoms with Crippen molar-refractivity contribution in [1.82, 2.24) is 30.0 Å². The predicted octanol–water partition coefficient (Wildman–Crippen LogP) is 4.68. The van der Waals surface area contributed by atoms with Crippen LogP contribution in [-0.4, -0.2) is 82.3 Å². The SMILES string of the molecule is CCN(CC)CCCN1CCN(c2ncnc3ccc(-c4cn[nH]c4-c4ccc(F)cc4)cc23)CC1. The second kappa shape index (κ2) is 11.1. The maximum atomic E-state index is 13.4. The molecule has 36 heavy (non-hydrogen) atoms. The number of piperazine rings is 1. The summed E-state index contributed by atoms with van der Waals surface area (Å²) in [5.74, 6) is 0.729. The summed E-state index contributed by atoms with van der Waals surface area (Å²) in [5.41, 5.74) is 4.69. The Labute approximate surface area is 212 Å². The molecule has 1 aliphatic heterocycles. The van der Waals surface area contributed by atoms with Gasteiger partial charge in [-0.1, -0.05) is 19.9 Å². The Bertz CT molecular complexity index is 1270. The smallest absolute Gasteiger partial charge is 0.139 e. The summed E-state index contributed by atoms with van der Waals surface area (Å²) in [4.78, 5) is 16.7. The van der Waals surface area contributed by atoms with Crippen molar-refractivity contribution in [2.24, 2.45) is 0 Å². The van der Waals surface area contributed by atoms with Gasteiger partial charge in [-0.3, -0.25) is 10.00 Å². The number of anilines is 1. The molecule has 3 heterocycles. The predicted molar refractivity (Wildman–Crippen MR) is 144 cm³/mol. The van der Waals surface area contributed by atoms with Gasteiger partial charge in [-0.15, -0.1) is 0 Å². The summed E-state index contributed by atoms with van der Waals surface area (Å²) >= 11 is 0. The minimum Gasteiger partial charge on any atom is -0.353 e. The van der Waals surface area contributed by atoms with Crippen LogP contribution in [0.25, 0.3) is 33.3 Å². The minimum atomic E-state index is -0.253. The fourth-order valence-corrected chi connectivity index (χ4v) is 5.05. The number of halogens is 1. The summed E-state index contributed by atoms with van der Waals surface area (Å²) < 4.78 is 13.4. The standard InChI is InChI=1S/C28H34FN7/c1-3-34(4-2)12-5-13-35-14-16-36(17-15-35)28-24-18-22(8-11-26(24)30-20-31-28)25-19-32-33-27(25)21-6-9-23(29)10-7-21/h6-11,18-20H,3-5,12-17H2,1-2H3,(H,32,33). The highest BCUT2D eigenvalue weighted by atomic mass is 19.1. The van der Waals surface area contributed by atoms with Gasteiger partial charge in [-0.2, -0.15) is 5.10 Å². The van der Waals surface area contributed by atoms with Crippen molar-refractivity contribution in [1.29, 1.82) is 0 Å². The summed E-state index contributed by atoms with van der Waals surface area (Å²) in [6.07, 6.45) is 4.69. The van der Waals surface area contributed by atoms with Crippen molar-refractivity contribution >= 4 is 16.7 Å². The van der Waals surface area contributed by atoms with E-state index in [1.165, 1.54) is 25.1 Å². The first-order chi connectivity index (χ1) is 17.7. The molecule has 0 radical (unpaired) electrons. The number of hydrogen-bond donors (Lipinski definition) is 1. The molecule has 1 N–H and O–H groups in total. The Morgan fingerprint density at radius 3 is 2.44 bits per heavy atom. The van der Waals surface area contributed by atoms with E-state index in [0.717, 1.165) is 84.9 Å². The lowest BCUT2D eigenvalue weighted by atomic mass is 10.00. The Balaban J connectivity index is 1.33. The highest BCUT2D eigenvalue weighted by molar-refractivity contribution is 5.94. The Kier molecular flexibility index (Phi) is 7.53. The number of aromatic nitrogens is 4. The molecule has 7 nitrogen and oxygen atoms in total. The fourth-order valence-electron chi connectivity index (χ4n) is 5.05. The maximum absolute atomic E-state index is 13.4. The van der Waals surface area contributed by atoms with Gasteiger partial charge in [-0.25, -0.2) is 14.4 Å². The highest BCUT2D eigenvalue weighted by Crippen LogP contribution is 2.34. The van der Waals surface area contributed by atoms with Gasteiger partial charge in [0, 0.05) is 42.7 Å². The first-order valence-corrected chi connectivity index (χ1v) is 12.9.